The highest BCUT2D eigenvalue weighted by molar-refractivity contribution is 8.93. The van der Waals surface area contributed by atoms with Gasteiger partial charge in [-0.15, -0.1) is 23.6 Å². The highest BCUT2D eigenvalue weighted by Gasteiger charge is 2.49. The van der Waals surface area contributed by atoms with Crippen LogP contribution >= 0.6 is 17.0 Å². The van der Waals surface area contributed by atoms with E-state index in [0.29, 0.717) is 23.7 Å². The standard InChI is InChI=1S/C19H24N2O.C5H10.CH4.BrH.H2/c1-19(2,16-8-7-12-5-3-4-6-15(12)16)21-18(22)17-13-9-14(17)11-20-10-13;1-4-5(2)3;;;/h3-8,13-15,17,20H,9-11H2,1-2H3,(H,21,22);4-5H,1H2,2-3H3;1H4;2*1H. The van der Waals surface area contributed by atoms with Crippen molar-refractivity contribution in [2.75, 3.05) is 13.1 Å². The van der Waals surface area contributed by atoms with Gasteiger partial charge in [-0.25, -0.2) is 0 Å². The first-order valence-electron chi connectivity index (χ1n) is 10.3. The molecule has 1 heterocycles. The van der Waals surface area contributed by atoms with E-state index >= 15 is 0 Å². The summed E-state index contributed by atoms with van der Waals surface area (Å²) in [6.45, 7) is 14.0. The number of piperidine rings is 2. The Balaban J connectivity index is 0.000000953. The minimum absolute atomic E-state index is 0. The first-order valence-corrected chi connectivity index (χ1v) is 10.3. The minimum Gasteiger partial charge on any atom is -0.347 e. The smallest absolute Gasteiger partial charge is 0.224 e. The number of rotatable bonds is 4. The van der Waals surface area contributed by atoms with Crippen LogP contribution in [-0.4, -0.2) is 24.5 Å². The fourth-order valence-electron chi connectivity index (χ4n) is 4.52. The van der Waals surface area contributed by atoms with Crippen molar-refractivity contribution < 1.29 is 6.22 Å². The van der Waals surface area contributed by atoms with Crippen LogP contribution in [0.15, 0.2) is 60.3 Å². The quantitative estimate of drug-likeness (QED) is 0.528. The third kappa shape index (κ3) is 5.61. The summed E-state index contributed by atoms with van der Waals surface area (Å²) >= 11 is 0. The SMILES string of the molecule is Br.C.C=CC(C)C.CC(C)(NC(=O)C1C2CNCC1C2)C1=CC=C2C=CC=CC21.[HH]. The van der Waals surface area contributed by atoms with Gasteiger partial charge in [0.25, 0.3) is 0 Å². The molecule has 0 aromatic carbocycles. The summed E-state index contributed by atoms with van der Waals surface area (Å²) in [6.07, 6.45) is 16.1. The van der Waals surface area contributed by atoms with Crippen molar-refractivity contribution in [3.05, 3.63) is 60.3 Å². The highest BCUT2D eigenvalue weighted by atomic mass is 79.9. The van der Waals surface area contributed by atoms with Crippen molar-refractivity contribution in [3.63, 3.8) is 0 Å². The van der Waals surface area contributed by atoms with Crippen molar-refractivity contribution in [1.29, 1.82) is 0 Å². The van der Waals surface area contributed by atoms with Crippen molar-refractivity contribution in [2.45, 2.75) is 47.1 Å². The second kappa shape index (κ2) is 10.6. The van der Waals surface area contributed by atoms with E-state index in [4.69, 9.17) is 0 Å². The normalized spacial score (nSPS) is 28.3. The summed E-state index contributed by atoms with van der Waals surface area (Å²) in [5, 5.41) is 6.74. The third-order valence-electron chi connectivity index (χ3n) is 6.22. The van der Waals surface area contributed by atoms with Gasteiger partial charge >= 0.3 is 0 Å². The predicted octanol–water partition coefficient (Wildman–Crippen LogP) is 5.63. The number of fused-ring (bicyclic) bond motifs is 3. The Morgan fingerprint density at radius 1 is 1.28 bits per heavy atom. The zero-order chi connectivity index (χ0) is 19.6. The molecule has 0 aromatic rings. The molecule has 164 valence electrons. The molecule has 0 spiro atoms. The second-order valence-electron chi connectivity index (χ2n) is 9.04. The van der Waals surface area contributed by atoms with Crippen LogP contribution in [0.4, 0.5) is 0 Å². The largest absolute Gasteiger partial charge is 0.347 e. The van der Waals surface area contributed by atoms with Gasteiger partial charge in [-0.1, -0.05) is 63.8 Å². The number of carbonyl (C=O) groups is 1. The van der Waals surface area contributed by atoms with E-state index in [9.17, 15) is 4.79 Å². The summed E-state index contributed by atoms with van der Waals surface area (Å²) in [4.78, 5) is 12.8. The van der Waals surface area contributed by atoms with Crippen LogP contribution < -0.4 is 10.6 Å². The van der Waals surface area contributed by atoms with Crippen LogP contribution in [0, 0.1) is 29.6 Å². The molecule has 3 unspecified atom stereocenters. The monoisotopic (exact) mass is 464 g/mol. The Bertz CT molecular complexity index is 707. The third-order valence-corrected chi connectivity index (χ3v) is 6.22. The first-order chi connectivity index (χ1) is 12.8. The summed E-state index contributed by atoms with van der Waals surface area (Å²) < 4.78 is 0. The Labute approximate surface area is 189 Å². The van der Waals surface area contributed by atoms with Crippen LogP contribution in [0.5, 0.6) is 0 Å². The number of hydrogen-bond acceptors (Lipinski definition) is 2. The van der Waals surface area contributed by atoms with Crippen LogP contribution in [-0.2, 0) is 4.79 Å². The molecule has 1 amide bonds. The Morgan fingerprint density at radius 2 is 1.90 bits per heavy atom. The van der Waals surface area contributed by atoms with Gasteiger partial charge in [-0.3, -0.25) is 4.79 Å². The van der Waals surface area contributed by atoms with Crippen LogP contribution in [0.25, 0.3) is 0 Å². The fourth-order valence-corrected chi connectivity index (χ4v) is 4.52. The zero-order valence-corrected chi connectivity index (χ0v) is 19.3. The minimum atomic E-state index is -0.299. The van der Waals surface area contributed by atoms with Gasteiger partial charge in [0.05, 0.1) is 5.54 Å². The molecular weight excluding hydrogens is 424 g/mol. The Hall–Kier alpha value is -1.39. The van der Waals surface area contributed by atoms with Gasteiger partial charge < -0.3 is 10.6 Å². The Morgan fingerprint density at radius 3 is 2.45 bits per heavy atom. The van der Waals surface area contributed by atoms with E-state index in [0.717, 1.165) is 13.1 Å². The zero-order valence-electron chi connectivity index (χ0n) is 17.6. The van der Waals surface area contributed by atoms with E-state index in [1.54, 1.807) is 0 Å². The molecule has 4 aliphatic rings. The van der Waals surface area contributed by atoms with E-state index < -0.39 is 0 Å². The van der Waals surface area contributed by atoms with Gasteiger partial charge in [0, 0.05) is 13.3 Å². The summed E-state index contributed by atoms with van der Waals surface area (Å²) in [5.74, 6) is 2.52. The second-order valence-corrected chi connectivity index (χ2v) is 9.04. The average Bonchev–Trinajstić information content (AvgIpc) is 3.07. The molecule has 1 saturated carbocycles. The Kier molecular flexibility index (Phi) is 9.36. The summed E-state index contributed by atoms with van der Waals surface area (Å²) in [5.41, 5.74) is 2.32. The molecular formula is C25H41BrN2O. The molecule has 29 heavy (non-hydrogen) atoms. The first kappa shape index (κ1) is 25.6. The number of nitrogens with one attached hydrogen (secondary N) is 2. The number of amides is 1. The molecule has 4 rings (SSSR count). The van der Waals surface area contributed by atoms with Crippen LogP contribution in [0.2, 0.25) is 0 Å². The molecule has 1 aliphatic heterocycles. The number of hydrogen-bond donors (Lipinski definition) is 2. The summed E-state index contributed by atoms with van der Waals surface area (Å²) in [6, 6.07) is 0. The van der Waals surface area contributed by atoms with Crippen molar-refractivity contribution in [2.24, 2.45) is 29.6 Å². The molecule has 2 N–H and O–H groups in total. The molecule has 2 fully saturated rings. The van der Waals surface area contributed by atoms with E-state index in [1.807, 2.05) is 6.08 Å². The molecule has 0 radical (unpaired) electrons. The van der Waals surface area contributed by atoms with E-state index in [-0.39, 0.29) is 43.2 Å². The lowest BCUT2D eigenvalue weighted by molar-refractivity contribution is -0.137. The lowest BCUT2D eigenvalue weighted by atomic mass is 9.61. The van der Waals surface area contributed by atoms with Gasteiger partial charge in [0.2, 0.25) is 5.91 Å². The average molecular weight is 466 g/mol. The van der Waals surface area contributed by atoms with Crippen molar-refractivity contribution in [1.82, 2.24) is 10.6 Å². The molecule has 0 aromatic heterocycles. The van der Waals surface area contributed by atoms with E-state index in [2.05, 4.69) is 81.4 Å². The summed E-state index contributed by atoms with van der Waals surface area (Å²) in [7, 11) is 0. The van der Waals surface area contributed by atoms with Crippen molar-refractivity contribution in [3.8, 4) is 0 Å². The molecule has 3 aliphatic carbocycles. The van der Waals surface area contributed by atoms with Gasteiger partial charge in [-0.05, 0) is 62.3 Å². The molecule has 3 nitrogen and oxygen atoms in total. The molecule has 4 heteroatoms. The predicted molar refractivity (Wildman–Crippen MR) is 132 cm³/mol. The number of halogens is 1. The number of allylic oxidation sites excluding steroid dienone is 8. The van der Waals surface area contributed by atoms with Gasteiger partial charge in [0.15, 0.2) is 0 Å². The number of carbonyl (C=O) groups excluding carboxylic acids is 1. The molecule has 3 atom stereocenters. The van der Waals surface area contributed by atoms with Crippen LogP contribution in [0.1, 0.15) is 43.0 Å². The lowest BCUT2D eigenvalue weighted by Gasteiger charge is -2.49. The fraction of sp³-hybridized carbons (Fsp3) is 0.560. The maximum Gasteiger partial charge on any atom is 0.224 e. The molecule has 1 saturated heterocycles. The lowest BCUT2D eigenvalue weighted by Crippen LogP contribution is -2.61. The van der Waals surface area contributed by atoms with Crippen LogP contribution in [0.3, 0.4) is 0 Å². The maximum absolute atomic E-state index is 12.8. The van der Waals surface area contributed by atoms with Gasteiger partial charge in [-0.2, -0.15) is 0 Å². The molecule has 2 bridgehead atoms. The van der Waals surface area contributed by atoms with Gasteiger partial charge in [0.1, 0.15) is 0 Å². The maximum atomic E-state index is 12.8. The highest BCUT2D eigenvalue weighted by Crippen LogP contribution is 2.44. The topological polar surface area (TPSA) is 41.1 Å². The van der Waals surface area contributed by atoms with Crippen molar-refractivity contribution >= 4 is 22.9 Å². The van der Waals surface area contributed by atoms with E-state index in [1.165, 1.54) is 17.6 Å².